The molecular weight excluding hydrogens is 620 g/mol. The van der Waals surface area contributed by atoms with E-state index >= 15 is 0 Å². The zero-order chi connectivity index (χ0) is 33.7. The molecule has 2 fully saturated rings. The molecule has 0 atom stereocenters. The van der Waals surface area contributed by atoms with Crippen LogP contribution >= 0.6 is 0 Å². The third-order valence-corrected chi connectivity index (χ3v) is 9.47. The number of carbonyl (C=O) groups is 1. The van der Waals surface area contributed by atoms with E-state index in [4.69, 9.17) is 19.1 Å². The van der Waals surface area contributed by atoms with Crippen molar-refractivity contribution in [3.05, 3.63) is 73.4 Å². The van der Waals surface area contributed by atoms with Gasteiger partial charge in [0, 0.05) is 68.5 Å². The van der Waals surface area contributed by atoms with Crippen LogP contribution in [0.5, 0.6) is 5.75 Å². The second-order valence-electron chi connectivity index (χ2n) is 12.5. The molecule has 1 saturated carbocycles. The number of piperazine rings is 1. The van der Waals surface area contributed by atoms with Gasteiger partial charge >= 0.3 is 0 Å². The van der Waals surface area contributed by atoms with E-state index in [2.05, 4.69) is 37.0 Å². The van der Waals surface area contributed by atoms with Crippen molar-refractivity contribution < 1.29 is 19.1 Å². The van der Waals surface area contributed by atoms with E-state index < -0.39 is 0 Å². The van der Waals surface area contributed by atoms with Gasteiger partial charge in [0.15, 0.2) is 0 Å². The number of hydrogen-bond donors (Lipinski definition) is 4. The van der Waals surface area contributed by atoms with Crippen LogP contribution in [0.4, 0.5) is 23.0 Å². The van der Waals surface area contributed by atoms with Crippen LogP contribution in [-0.4, -0.2) is 81.8 Å². The zero-order valence-corrected chi connectivity index (χ0v) is 27.7. The van der Waals surface area contributed by atoms with Crippen molar-refractivity contribution in [1.82, 2.24) is 24.8 Å². The summed E-state index contributed by atoms with van der Waals surface area (Å²) in [5.74, 6) is 1.39. The number of rotatable bonds is 12. The molecule has 7 rings (SSSR count). The molecule has 1 amide bonds. The number of ether oxygens (including phenoxy) is 1. The number of aryl methyl sites for hydroxylation is 1. The molecule has 0 radical (unpaired) electrons. The number of carbonyl (C=O) groups excluding carboxylic acids is 1. The second kappa shape index (κ2) is 14.5. The molecule has 4 N–H and O–H groups in total. The first-order valence-corrected chi connectivity index (χ1v) is 16.9. The molecule has 12 nitrogen and oxygen atoms in total. The van der Waals surface area contributed by atoms with Gasteiger partial charge in [0.25, 0.3) is 0 Å². The third-order valence-electron chi connectivity index (χ3n) is 9.47. The number of anilines is 4. The van der Waals surface area contributed by atoms with Gasteiger partial charge in [-0.2, -0.15) is 0 Å². The summed E-state index contributed by atoms with van der Waals surface area (Å²) >= 11 is 0. The summed E-state index contributed by atoms with van der Waals surface area (Å²) in [7, 11) is 1.63. The largest absolute Gasteiger partial charge is 0.494 e. The molecule has 49 heavy (non-hydrogen) atoms. The van der Waals surface area contributed by atoms with E-state index in [-0.39, 0.29) is 12.5 Å². The van der Waals surface area contributed by atoms with E-state index in [1.54, 1.807) is 19.6 Å². The van der Waals surface area contributed by atoms with E-state index in [1.165, 1.54) is 31.8 Å². The van der Waals surface area contributed by atoms with Crippen molar-refractivity contribution >= 4 is 39.9 Å². The number of aromatic nitrogens is 4. The first kappa shape index (κ1) is 32.4. The number of nitrogens with one attached hydrogen (secondary N) is 3. The van der Waals surface area contributed by atoms with Gasteiger partial charge in [-0.3, -0.25) is 9.69 Å². The Balaban J connectivity index is 1.19. The fraction of sp³-hybridized carbons (Fsp3) is 0.351. The SMILES string of the molecule is C=CC(=O)Nc1cc(Nc2nccc(-c3[nH]c(CCCO)nc3-c3ccc4ccoc4c3)n2)c(OC)cc1N1CCN(C2CCCC2)CC1. The lowest BCUT2D eigenvalue weighted by atomic mass is 10.1. The topological polar surface area (TPSA) is 145 Å². The Morgan fingerprint density at radius 3 is 2.71 bits per heavy atom. The van der Waals surface area contributed by atoms with Gasteiger partial charge in [0.2, 0.25) is 11.9 Å². The highest BCUT2D eigenvalue weighted by Gasteiger charge is 2.28. The lowest BCUT2D eigenvalue weighted by Crippen LogP contribution is -2.49. The number of hydrogen-bond acceptors (Lipinski definition) is 10. The molecule has 2 aromatic carbocycles. The van der Waals surface area contributed by atoms with Crippen LogP contribution < -0.4 is 20.3 Å². The van der Waals surface area contributed by atoms with E-state index in [0.717, 1.165) is 65.6 Å². The van der Waals surface area contributed by atoms with Crippen LogP contribution in [0.3, 0.4) is 0 Å². The Hall–Kier alpha value is -5.20. The molecule has 1 saturated heterocycles. The minimum atomic E-state index is -0.295. The number of H-pyrrole nitrogens is 1. The standard InChI is InChI=1S/C37H42N8O4/c1-3-34(47)39-28-22-29(32(48-2)23-30(28)45-17-15-44(16-18-45)26-7-4-5-8-26)41-37-38-14-12-27(40-37)36-35(42-33(43-36)9-6-19-46)25-11-10-24-13-20-49-31(24)21-25/h3,10-14,20-23,26,46H,1,4-9,15-19H2,2H3,(H,39,47)(H,42,43)(H,38,40,41). The number of furan rings is 1. The van der Waals surface area contributed by atoms with Gasteiger partial charge in [0.1, 0.15) is 17.2 Å². The fourth-order valence-corrected chi connectivity index (χ4v) is 6.94. The van der Waals surface area contributed by atoms with Crippen LogP contribution in [0.2, 0.25) is 0 Å². The van der Waals surface area contributed by atoms with E-state index in [0.29, 0.717) is 47.7 Å². The molecule has 2 aliphatic rings. The summed E-state index contributed by atoms with van der Waals surface area (Å²) in [6, 6.07) is 14.2. The fourth-order valence-electron chi connectivity index (χ4n) is 6.94. The molecule has 0 spiro atoms. The summed E-state index contributed by atoms with van der Waals surface area (Å²) in [5.41, 5.74) is 5.86. The van der Waals surface area contributed by atoms with Crippen LogP contribution in [-0.2, 0) is 11.2 Å². The predicted octanol–water partition coefficient (Wildman–Crippen LogP) is 6.15. The Kier molecular flexibility index (Phi) is 9.58. The molecule has 1 aliphatic carbocycles. The lowest BCUT2D eigenvalue weighted by molar-refractivity contribution is -0.111. The number of aliphatic hydroxyl groups excluding tert-OH is 1. The zero-order valence-electron chi connectivity index (χ0n) is 27.7. The van der Waals surface area contributed by atoms with E-state index in [1.807, 2.05) is 42.5 Å². The van der Waals surface area contributed by atoms with Crippen molar-refractivity contribution in [2.24, 2.45) is 0 Å². The maximum Gasteiger partial charge on any atom is 0.247 e. The number of methoxy groups -OCH3 is 1. The van der Waals surface area contributed by atoms with Crippen molar-refractivity contribution in [2.75, 3.05) is 55.4 Å². The molecule has 12 heteroatoms. The van der Waals surface area contributed by atoms with Crippen LogP contribution in [0, 0.1) is 0 Å². The highest BCUT2D eigenvalue weighted by molar-refractivity contribution is 6.02. The van der Waals surface area contributed by atoms with E-state index in [9.17, 15) is 9.90 Å². The highest BCUT2D eigenvalue weighted by atomic mass is 16.5. The summed E-state index contributed by atoms with van der Waals surface area (Å²) in [5, 5.41) is 16.8. The molecule has 5 aromatic rings. The summed E-state index contributed by atoms with van der Waals surface area (Å²) in [4.78, 5) is 35.2. The van der Waals surface area contributed by atoms with Gasteiger partial charge in [-0.25, -0.2) is 15.0 Å². The molecule has 4 heterocycles. The quantitative estimate of drug-likeness (QED) is 0.115. The average Bonchev–Trinajstić information content (AvgIpc) is 3.93. The molecule has 0 bridgehead atoms. The van der Waals surface area contributed by atoms with Crippen molar-refractivity contribution in [3.8, 4) is 28.4 Å². The Bertz CT molecular complexity index is 1940. The Morgan fingerprint density at radius 2 is 1.94 bits per heavy atom. The van der Waals surface area contributed by atoms with Gasteiger partial charge < -0.3 is 34.8 Å². The summed E-state index contributed by atoms with van der Waals surface area (Å²) in [6.07, 6.45) is 11.0. The normalized spacial score (nSPS) is 15.5. The monoisotopic (exact) mass is 662 g/mol. The molecule has 1 aliphatic heterocycles. The van der Waals surface area contributed by atoms with Crippen LogP contribution in [0.15, 0.2) is 72.0 Å². The Morgan fingerprint density at radius 1 is 1.10 bits per heavy atom. The summed E-state index contributed by atoms with van der Waals surface area (Å²) < 4.78 is 11.5. The number of imidazole rings is 1. The number of nitrogens with zero attached hydrogens (tertiary/aromatic N) is 5. The van der Waals surface area contributed by atoms with Crippen LogP contribution in [0.1, 0.15) is 37.9 Å². The minimum absolute atomic E-state index is 0.0673. The molecule has 254 valence electrons. The van der Waals surface area contributed by atoms with Crippen molar-refractivity contribution in [3.63, 3.8) is 0 Å². The molecular formula is C37H42N8O4. The van der Waals surface area contributed by atoms with Gasteiger partial charge in [-0.05, 0) is 49.6 Å². The highest BCUT2D eigenvalue weighted by Crippen LogP contribution is 2.39. The van der Waals surface area contributed by atoms with Crippen LogP contribution in [0.25, 0.3) is 33.6 Å². The first-order chi connectivity index (χ1) is 24.0. The van der Waals surface area contributed by atoms with Gasteiger partial charge in [0.05, 0.1) is 47.5 Å². The predicted molar refractivity (Wildman–Crippen MR) is 191 cm³/mol. The minimum Gasteiger partial charge on any atom is -0.494 e. The number of fused-ring (bicyclic) bond motifs is 1. The second-order valence-corrected chi connectivity index (χ2v) is 12.5. The third kappa shape index (κ3) is 7.01. The average molecular weight is 663 g/mol. The van der Waals surface area contributed by atoms with Crippen molar-refractivity contribution in [2.45, 2.75) is 44.6 Å². The Labute approximate surface area is 285 Å². The van der Waals surface area contributed by atoms with Gasteiger partial charge in [-0.1, -0.05) is 31.6 Å². The smallest absolute Gasteiger partial charge is 0.247 e. The number of aliphatic hydroxyl groups is 1. The first-order valence-electron chi connectivity index (χ1n) is 16.9. The van der Waals surface area contributed by atoms with Crippen molar-refractivity contribution in [1.29, 1.82) is 0 Å². The maximum atomic E-state index is 12.6. The molecule has 3 aromatic heterocycles. The van der Waals surface area contributed by atoms with Gasteiger partial charge in [-0.15, -0.1) is 0 Å². The lowest BCUT2D eigenvalue weighted by Gasteiger charge is -2.40. The number of aromatic amines is 1. The summed E-state index contributed by atoms with van der Waals surface area (Å²) in [6.45, 7) is 7.40. The molecule has 0 unspecified atom stereocenters. The number of amides is 1. The number of benzene rings is 2. The maximum absolute atomic E-state index is 12.6.